The van der Waals surface area contributed by atoms with Gasteiger partial charge in [0.25, 0.3) is 0 Å². The van der Waals surface area contributed by atoms with Crippen molar-refractivity contribution in [3.05, 3.63) is 65.7 Å². The molecule has 9 N–H and O–H groups in total. The molecule has 2 aliphatic rings. The molecule has 1 saturated carbocycles. The predicted octanol–water partition coefficient (Wildman–Crippen LogP) is 0.323. The number of likely N-dealkylation sites (tertiary alicyclic amines) is 1. The van der Waals surface area contributed by atoms with Crippen molar-refractivity contribution in [1.82, 2.24) is 15.5 Å². The van der Waals surface area contributed by atoms with Crippen LogP contribution in [0, 0.1) is 5.92 Å². The number of aliphatic imine (C=N–C) groups is 1. The molecule has 3 amide bonds. The summed E-state index contributed by atoms with van der Waals surface area (Å²) in [4.78, 5) is 46.6. The van der Waals surface area contributed by atoms with E-state index in [0.29, 0.717) is 57.2 Å². The molecule has 12 nitrogen and oxygen atoms in total. The second-order valence-corrected chi connectivity index (χ2v) is 11.7. The van der Waals surface area contributed by atoms with Crippen LogP contribution in [-0.4, -0.2) is 87.3 Å². The van der Waals surface area contributed by atoms with Crippen LogP contribution in [0.1, 0.15) is 49.7 Å². The van der Waals surface area contributed by atoms with E-state index in [9.17, 15) is 29.7 Å². The molecule has 2 aromatic rings. The Kier molecular flexibility index (Phi) is 11.6. The van der Waals surface area contributed by atoms with Crippen molar-refractivity contribution in [2.75, 3.05) is 13.1 Å². The molecule has 0 radical (unpaired) electrons. The summed E-state index contributed by atoms with van der Waals surface area (Å²) in [5.74, 6) is -1.28. The summed E-state index contributed by atoms with van der Waals surface area (Å²) >= 11 is 0. The third kappa shape index (κ3) is 8.93. The highest BCUT2D eigenvalue weighted by molar-refractivity contribution is 5.94. The first-order valence-corrected chi connectivity index (χ1v) is 15.3. The number of aromatic hydroxyl groups is 1. The Morgan fingerprint density at radius 2 is 1.66 bits per heavy atom. The highest BCUT2D eigenvalue weighted by Gasteiger charge is 2.50. The summed E-state index contributed by atoms with van der Waals surface area (Å²) in [6.45, 7) is 0.844. The lowest BCUT2D eigenvalue weighted by atomic mass is 9.83. The molecule has 12 heteroatoms. The fraction of sp³-hybridized carbons (Fsp3) is 0.500. The molecule has 1 saturated heterocycles. The van der Waals surface area contributed by atoms with Gasteiger partial charge in [0, 0.05) is 32.0 Å². The molecule has 1 aliphatic heterocycles. The first-order chi connectivity index (χ1) is 21.1. The number of phenolic OH excluding ortho intramolecular Hbond substituents is 1. The van der Waals surface area contributed by atoms with Gasteiger partial charge in [-0.15, -0.1) is 0 Å². The van der Waals surface area contributed by atoms with Crippen LogP contribution >= 0.6 is 0 Å². The molecule has 44 heavy (non-hydrogen) atoms. The number of nitrogens with one attached hydrogen (secondary N) is 2. The molecule has 4 rings (SSSR count). The summed E-state index contributed by atoms with van der Waals surface area (Å²) < 4.78 is 0. The number of guanidine groups is 1. The number of carbonyl (C=O) groups is 3. The topological polar surface area (TPSA) is 204 Å². The van der Waals surface area contributed by atoms with Crippen molar-refractivity contribution in [3.63, 3.8) is 0 Å². The van der Waals surface area contributed by atoms with Gasteiger partial charge in [0.05, 0.1) is 6.10 Å². The van der Waals surface area contributed by atoms with E-state index in [4.69, 9.17) is 11.5 Å². The fourth-order valence-corrected chi connectivity index (χ4v) is 6.21. The fourth-order valence-electron chi connectivity index (χ4n) is 6.21. The number of phenols is 1. The number of nitrogens with zero attached hydrogens (tertiary/aromatic N) is 2. The number of benzene rings is 2. The largest absolute Gasteiger partial charge is 0.508 e. The normalized spacial score (nSPS) is 22.4. The van der Waals surface area contributed by atoms with E-state index < -0.39 is 36.1 Å². The van der Waals surface area contributed by atoms with Gasteiger partial charge in [0.2, 0.25) is 17.7 Å². The average molecular weight is 609 g/mol. The molecule has 2 aromatic carbocycles. The zero-order valence-corrected chi connectivity index (χ0v) is 24.8. The molecule has 238 valence electrons. The smallest absolute Gasteiger partial charge is 0.249 e. The van der Waals surface area contributed by atoms with Crippen molar-refractivity contribution in [3.8, 4) is 5.75 Å². The van der Waals surface area contributed by atoms with E-state index in [1.807, 2.05) is 30.3 Å². The number of rotatable bonds is 13. The van der Waals surface area contributed by atoms with Crippen molar-refractivity contribution < 1.29 is 29.7 Å². The molecular formula is C32H44N6O6. The Bertz CT molecular complexity index is 1290. The van der Waals surface area contributed by atoms with Gasteiger partial charge < -0.3 is 42.3 Å². The van der Waals surface area contributed by atoms with Crippen LogP contribution < -0.4 is 22.1 Å². The van der Waals surface area contributed by atoms with Crippen molar-refractivity contribution in [2.24, 2.45) is 22.4 Å². The highest BCUT2D eigenvalue weighted by Crippen LogP contribution is 2.40. The number of hydrogen-bond donors (Lipinski definition) is 7. The molecule has 6 atom stereocenters. The third-order valence-corrected chi connectivity index (χ3v) is 8.45. The third-order valence-electron chi connectivity index (χ3n) is 8.45. The zero-order chi connectivity index (χ0) is 31.6. The molecule has 1 aliphatic carbocycles. The molecule has 0 spiro atoms. The monoisotopic (exact) mass is 608 g/mol. The number of hydrogen-bond acceptors (Lipinski definition) is 7. The first kappa shape index (κ1) is 32.7. The number of nitrogens with two attached hydrogens (primary N) is 2. The molecule has 1 heterocycles. The van der Waals surface area contributed by atoms with E-state index in [1.165, 1.54) is 12.1 Å². The standard InChI is InChI=1S/C32H44N6O6/c33-32(34)36-15-5-4-14-35-29(42)27-18-22-10-13-24(40)19-26(22)38(27)31(44)25(16-20-6-2-1-3-7-20)37-30(43)28(41)17-21-8-11-23(39)12-9-21/h1-3,6-9,11-12,22,24-28,39-41H,4-5,10,13-19H2,(H,35,42)(H,37,43)(H4,33,34,36)/t22-,24-,25-,26-,27-,28+/m1/s1. The molecule has 2 fully saturated rings. The van der Waals surface area contributed by atoms with Crippen LogP contribution in [0.2, 0.25) is 0 Å². The number of aliphatic hydroxyl groups excluding tert-OH is 2. The van der Waals surface area contributed by atoms with Gasteiger partial charge in [0.1, 0.15) is 23.9 Å². The van der Waals surface area contributed by atoms with Crippen LogP contribution in [0.15, 0.2) is 59.6 Å². The second-order valence-electron chi connectivity index (χ2n) is 11.7. The number of fused-ring (bicyclic) bond motifs is 1. The minimum absolute atomic E-state index is 0.00676. The average Bonchev–Trinajstić information content (AvgIpc) is 3.38. The lowest BCUT2D eigenvalue weighted by Gasteiger charge is -2.37. The van der Waals surface area contributed by atoms with E-state index >= 15 is 0 Å². The summed E-state index contributed by atoms with van der Waals surface area (Å²) in [6, 6.07) is 13.3. The van der Waals surface area contributed by atoms with Crippen LogP contribution in [0.4, 0.5) is 0 Å². The maximum absolute atomic E-state index is 14.4. The maximum Gasteiger partial charge on any atom is 0.249 e. The van der Waals surface area contributed by atoms with Gasteiger partial charge in [-0.1, -0.05) is 42.5 Å². The van der Waals surface area contributed by atoms with Gasteiger partial charge in [-0.25, -0.2) is 0 Å². The summed E-state index contributed by atoms with van der Waals surface area (Å²) in [7, 11) is 0. The Hall–Kier alpha value is -4.16. The molecule has 0 aromatic heterocycles. The van der Waals surface area contributed by atoms with Gasteiger partial charge in [-0.2, -0.15) is 0 Å². The number of unbranched alkanes of at least 4 members (excludes halogenated alkanes) is 1. The Morgan fingerprint density at radius 3 is 2.36 bits per heavy atom. The van der Waals surface area contributed by atoms with Crippen molar-refractivity contribution in [2.45, 2.75) is 81.7 Å². The Labute approximate surface area is 257 Å². The van der Waals surface area contributed by atoms with Crippen molar-refractivity contribution >= 4 is 23.7 Å². The Balaban J connectivity index is 1.51. The van der Waals surface area contributed by atoms with Crippen LogP contribution in [0.5, 0.6) is 5.75 Å². The SMILES string of the molecule is NC(N)=NCCCCNC(=O)[C@H]1C[C@H]2CC[C@@H](O)C[C@H]2N1C(=O)[C@@H](Cc1ccccc1)NC(=O)[C@@H](O)Cc1ccc(O)cc1. The highest BCUT2D eigenvalue weighted by atomic mass is 16.3. The van der Waals surface area contributed by atoms with Crippen LogP contribution in [0.3, 0.4) is 0 Å². The van der Waals surface area contributed by atoms with Gasteiger partial charge in [-0.05, 0) is 67.7 Å². The molecule has 0 unspecified atom stereocenters. The minimum atomic E-state index is -1.44. The lowest BCUT2D eigenvalue weighted by Crippen LogP contribution is -2.58. The van der Waals surface area contributed by atoms with E-state index in [0.717, 1.165) is 5.56 Å². The summed E-state index contributed by atoms with van der Waals surface area (Å²) in [5, 5.41) is 36.5. The van der Waals surface area contributed by atoms with Gasteiger partial charge >= 0.3 is 0 Å². The lowest BCUT2D eigenvalue weighted by molar-refractivity contribution is -0.145. The van der Waals surface area contributed by atoms with Crippen molar-refractivity contribution in [1.29, 1.82) is 0 Å². The zero-order valence-electron chi connectivity index (χ0n) is 24.8. The predicted molar refractivity (Wildman–Crippen MR) is 165 cm³/mol. The second kappa shape index (κ2) is 15.5. The van der Waals surface area contributed by atoms with Crippen LogP contribution in [0.25, 0.3) is 0 Å². The quantitative estimate of drug-likeness (QED) is 0.0956. The minimum Gasteiger partial charge on any atom is -0.508 e. The maximum atomic E-state index is 14.4. The molecular weight excluding hydrogens is 564 g/mol. The molecule has 0 bridgehead atoms. The van der Waals surface area contributed by atoms with E-state index in [1.54, 1.807) is 17.0 Å². The number of carbonyl (C=O) groups excluding carboxylic acids is 3. The van der Waals surface area contributed by atoms with Gasteiger partial charge in [0.15, 0.2) is 5.96 Å². The van der Waals surface area contributed by atoms with E-state index in [-0.39, 0.29) is 42.4 Å². The number of aliphatic hydroxyl groups is 2. The van der Waals surface area contributed by atoms with E-state index in [2.05, 4.69) is 15.6 Å². The summed E-state index contributed by atoms with van der Waals surface area (Å²) in [5.41, 5.74) is 12.2. The van der Waals surface area contributed by atoms with Crippen LogP contribution in [-0.2, 0) is 27.2 Å². The first-order valence-electron chi connectivity index (χ1n) is 15.3. The van der Waals surface area contributed by atoms with Gasteiger partial charge in [-0.3, -0.25) is 19.4 Å². The number of amides is 3. The Morgan fingerprint density at radius 1 is 0.955 bits per heavy atom. The summed E-state index contributed by atoms with van der Waals surface area (Å²) in [6.07, 6.45) is 1.59.